The summed E-state index contributed by atoms with van der Waals surface area (Å²) in [5, 5.41) is 0. The van der Waals surface area contributed by atoms with Gasteiger partial charge in [0.25, 0.3) is 0 Å². The molecule has 0 N–H and O–H groups in total. The van der Waals surface area contributed by atoms with Crippen molar-refractivity contribution in [3.05, 3.63) is 83.6 Å². The van der Waals surface area contributed by atoms with E-state index in [-0.39, 0.29) is 0 Å². The molecule has 0 radical (unpaired) electrons. The fourth-order valence-corrected chi connectivity index (χ4v) is 4.40. The molecule has 1 heterocycles. The number of allylic oxidation sites excluding steroid dienone is 7. The smallest absolute Gasteiger partial charge is 0.0363 e. The van der Waals surface area contributed by atoms with Crippen molar-refractivity contribution in [2.75, 3.05) is 32.1 Å². The van der Waals surface area contributed by atoms with Crippen LogP contribution in [0.5, 0.6) is 0 Å². The SMILES string of the molecule is CN(C)c1ccc(C2=CC(CN3C=CC(C4=CCC=CC4)=CC3)CCC2)cc1. The van der Waals surface area contributed by atoms with Crippen LogP contribution >= 0.6 is 0 Å². The van der Waals surface area contributed by atoms with Crippen LogP contribution in [0.4, 0.5) is 5.69 Å². The maximum Gasteiger partial charge on any atom is 0.0363 e. The third-order valence-electron chi connectivity index (χ3n) is 6.07. The summed E-state index contributed by atoms with van der Waals surface area (Å²) in [5.41, 5.74) is 7.09. The van der Waals surface area contributed by atoms with Gasteiger partial charge in [-0.2, -0.15) is 0 Å². The lowest BCUT2D eigenvalue weighted by atomic mass is 9.86. The first-order valence-electron chi connectivity index (χ1n) is 10.6. The Morgan fingerprint density at radius 3 is 2.57 bits per heavy atom. The van der Waals surface area contributed by atoms with E-state index in [0.717, 1.165) is 25.9 Å². The Hall–Kier alpha value is -2.48. The number of hydrogen-bond acceptors (Lipinski definition) is 2. The highest BCUT2D eigenvalue weighted by Gasteiger charge is 2.18. The molecule has 1 aromatic carbocycles. The summed E-state index contributed by atoms with van der Waals surface area (Å²) in [4.78, 5) is 4.63. The fraction of sp³-hybridized carbons (Fsp3) is 0.385. The summed E-state index contributed by atoms with van der Waals surface area (Å²) in [6.45, 7) is 2.16. The van der Waals surface area contributed by atoms with E-state index >= 15 is 0 Å². The molecule has 0 saturated heterocycles. The second-order valence-electron chi connectivity index (χ2n) is 8.36. The largest absolute Gasteiger partial charge is 0.378 e. The van der Waals surface area contributed by atoms with Crippen molar-refractivity contribution >= 4 is 11.3 Å². The third-order valence-corrected chi connectivity index (χ3v) is 6.07. The molecule has 0 saturated carbocycles. The summed E-state index contributed by atoms with van der Waals surface area (Å²) < 4.78 is 0. The maximum absolute atomic E-state index is 2.54. The highest BCUT2D eigenvalue weighted by Crippen LogP contribution is 2.32. The van der Waals surface area contributed by atoms with Crippen LogP contribution in [0.15, 0.2) is 78.1 Å². The number of rotatable bonds is 5. The van der Waals surface area contributed by atoms with Gasteiger partial charge in [-0.25, -0.2) is 0 Å². The van der Waals surface area contributed by atoms with E-state index < -0.39 is 0 Å². The molecule has 2 aliphatic carbocycles. The van der Waals surface area contributed by atoms with Crippen molar-refractivity contribution < 1.29 is 0 Å². The summed E-state index contributed by atoms with van der Waals surface area (Å²) in [6.07, 6.45) is 22.4. The maximum atomic E-state index is 2.54. The molecular weight excluding hydrogens is 340 g/mol. The summed E-state index contributed by atoms with van der Waals surface area (Å²) in [7, 11) is 4.19. The van der Waals surface area contributed by atoms with E-state index in [9.17, 15) is 0 Å². The van der Waals surface area contributed by atoms with Crippen LogP contribution in [0.1, 0.15) is 37.7 Å². The van der Waals surface area contributed by atoms with Crippen molar-refractivity contribution in [3.63, 3.8) is 0 Å². The molecule has 28 heavy (non-hydrogen) atoms. The van der Waals surface area contributed by atoms with Crippen LogP contribution in [0, 0.1) is 5.92 Å². The standard InChI is InChI=1S/C26H32N2/c1-27(2)26-13-11-23(12-14-26)25-10-6-7-21(19-25)20-28-17-15-24(16-18-28)22-8-4-3-5-9-22/h3-4,9,11-17,19,21H,5-8,10,18,20H2,1-2H3. The van der Waals surface area contributed by atoms with Gasteiger partial charge in [-0.3, -0.25) is 0 Å². The Balaban J connectivity index is 1.37. The van der Waals surface area contributed by atoms with E-state index in [2.05, 4.69) is 90.8 Å². The average molecular weight is 373 g/mol. The minimum absolute atomic E-state index is 0.647. The summed E-state index contributed by atoms with van der Waals surface area (Å²) in [5.74, 6) is 0.647. The third kappa shape index (κ3) is 4.49. The Morgan fingerprint density at radius 1 is 1.04 bits per heavy atom. The average Bonchev–Trinajstić information content (AvgIpc) is 2.75. The quantitative estimate of drug-likeness (QED) is 0.588. The van der Waals surface area contributed by atoms with Crippen LogP contribution in [0.2, 0.25) is 0 Å². The molecule has 3 aliphatic rings. The van der Waals surface area contributed by atoms with Gasteiger partial charge in [0.1, 0.15) is 0 Å². The molecule has 0 fully saturated rings. The molecule has 0 bridgehead atoms. The van der Waals surface area contributed by atoms with Gasteiger partial charge in [-0.15, -0.1) is 0 Å². The Kier molecular flexibility index (Phi) is 5.85. The number of hydrogen-bond donors (Lipinski definition) is 0. The summed E-state index contributed by atoms with van der Waals surface area (Å²) >= 11 is 0. The van der Waals surface area contributed by atoms with Crippen LogP contribution in [-0.4, -0.2) is 32.1 Å². The molecule has 2 heteroatoms. The first-order chi connectivity index (χ1) is 13.7. The lowest BCUT2D eigenvalue weighted by molar-refractivity contribution is 0.344. The van der Waals surface area contributed by atoms with Crippen molar-refractivity contribution in [3.8, 4) is 0 Å². The van der Waals surface area contributed by atoms with Gasteiger partial charge in [0, 0.05) is 32.9 Å². The van der Waals surface area contributed by atoms with Gasteiger partial charge in [-0.1, -0.05) is 42.5 Å². The summed E-state index contributed by atoms with van der Waals surface area (Å²) in [6, 6.07) is 9.03. The Labute approximate surface area is 170 Å². The zero-order valence-electron chi connectivity index (χ0n) is 17.3. The molecule has 1 atom stereocenters. The topological polar surface area (TPSA) is 6.48 Å². The first kappa shape index (κ1) is 18.9. The molecular formula is C26H32N2. The molecule has 1 unspecified atom stereocenters. The van der Waals surface area contributed by atoms with Crippen molar-refractivity contribution in [1.82, 2.24) is 4.90 Å². The van der Waals surface area contributed by atoms with Crippen molar-refractivity contribution in [1.29, 1.82) is 0 Å². The van der Waals surface area contributed by atoms with Gasteiger partial charge < -0.3 is 9.80 Å². The molecule has 2 nitrogen and oxygen atoms in total. The zero-order chi connectivity index (χ0) is 19.3. The molecule has 4 rings (SSSR count). The predicted molar refractivity (Wildman–Crippen MR) is 121 cm³/mol. The van der Waals surface area contributed by atoms with Gasteiger partial charge in [0.15, 0.2) is 0 Å². The second-order valence-corrected chi connectivity index (χ2v) is 8.36. The van der Waals surface area contributed by atoms with Crippen LogP contribution in [-0.2, 0) is 0 Å². The van der Waals surface area contributed by atoms with Gasteiger partial charge in [0.2, 0.25) is 0 Å². The van der Waals surface area contributed by atoms with E-state index in [1.165, 1.54) is 47.2 Å². The van der Waals surface area contributed by atoms with E-state index in [4.69, 9.17) is 0 Å². The molecule has 0 aromatic heterocycles. The fourth-order valence-electron chi connectivity index (χ4n) is 4.40. The lowest BCUT2D eigenvalue weighted by Crippen LogP contribution is -2.27. The predicted octanol–water partition coefficient (Wildman–Crippen LogP) is 5.97. The lowest BCUT2D eigenvalue weighted by Gasteiger charge is -2.29. The zero-order valence-corrected chi connectivity index (χ0v) is 17.3. The Bertz CT molecular complexity index is 834. The molecule has 146 valence electrons. The van der Waals surface area contributed by atoms with Crippen LogP contribution in [0.3, 0.4) is 0 Å². The molecule has 0 spiro atoms. The number of benzene rings is 1. The highest BCUT2D eigenvalue weighted by atomic mass is 15.1. The van der Waals surface area contributed by atoms with Crippen molar-refractivity contribution in [2.24, 2.45) is 5.92 Å². The van der Waals surface area contributed by atoms with Gasteiger partial charge >= 0.3 is 0 Å². The molecule has 1 aliphatic heterocycles. The van der Waals surface area contributed by atoms with Gasteiger partial charge in [-0.05, 0) is 84.7 Å². The minimum atomic E-state index is 0.647. The highest BCUT2D eigenvalue weighted by molar-refractivity contribution is 5.68. The van der Waals surface area contributed by atoms with Crippen LogP contribution in [0.25, 0.3) is 5.57 Å². The number of nitrogens with zero attached hydrogens (tertiary/aromatic N) is 2. The number of anilines is 1. The van der Waals surface area contributed by atoms with E-state index in [0.29, 0.717) is 5.92 Å². The second kappa shape index (κ2) is 8.68. The minimum Gasteiger partial charge on any atom is -0.378 e. The Morgan fingerprint density at radius 2 is 1.89 bits per heavy atom. The van der Waals surface area contributed by atoms with E-state index in [1.54, 1.807) is 0 Å². The first-order valence-corrected chi connectivity index (χ1v) is 10.6. The van der Waals surface area contributed by atoms with Crippen LogP contribution < -0.4 is 4.90 Å². The van der Waals surface area contributed by atoms with E-state index in [1.807, 2.05) is 0 Å². The monoisotopic (exact) mass is 372 g/mol. The normalized spacial score (nSPS) is 21.9. The molecule has 0 amide bonds. The molecule has 1 aromatic rings. The van der Waals surface area contributed by atoms with Crippen molar-refractivity contribution in [2.45, 2.75) is 32.1 Å². The van der Waals surface area contributed by atoms with Gasteiger partial charge in [0.05, 0.1) is 0 Å².